The Morgan fingerprint density at radius 3 is 2.62 bits per heavy atom. The number of alkyl halides is 2. The second-order valence-electron chi connectivity index (χ2n) is 6.54. The van der Waals surface area contributed by atoms with Crippen LogP contribution >= 0.6 is 0 Å². The van der Waals surface area contributed by atoms with E-state index in [2.05, 4.69) is 10.1 Å². The fourth-order valence-corrected chi connectivity index (χ4v) is 3.02. The van der Waals surface area contributed by atoms with E-state index in [1.54, 1.807) is 17.0 Å². The average Bonchev–Trinajstić information content (AvgIpc) is 2.72. The van der Waals surface area contributed by atoms with E-state index in [1.807, 2.05) is 31.2 Å². The normalized spacial score (nSPS) is 15.1. The van der Waals surface area contributed by atoms with Crippen LogP contribution in [0.3, 0.4) is 0 Å². The molecule has 2 aromatic carbocycles. The van der Waals surface area contributed by atoms with Crippen molar-refractivity contribution in [2.75, 3.05) is 26.2 Å². The zero-order valence-corrected chi connectivity index (χ0v) is 16.1. The van der Waals surface area contributed by atoms with Gasteiger partial charge in [0.05, 0.1) is 6.54 Å². The third kappa shape index (κ3) is 5.97. The van der Waals surface area contributed by atoms with Gasteiger partial charge in [-0.1, -0.05) is 24.3 Å². The van der Waals surface area contributed by atoms with E-state index in [-0.39, 0.29) is 17.9 Å². The van der Waals surface area contributed by atoms with Crippen LogP contribution in [0.25, 0.3) is 0 Å². The molecule has 0 spiro atoms. The summed E-state index contributed by atoms with van der Waals surface area (Å²) in [5, 5.41) is 2.88. The van der Waals surface area contributed by atoms with E-state index >= 15 is 0 Å². The van der Waals surface area contributed by atoms with Crippen molar-refractivity contribution < 1.29 is 27.8 Å². The molecule has 0 bridgehead atoms. The molecule has 0 fully saturated rings. The van der Waals surface area contributed by atoms with Crippen LogP contribution in [-0.2, 0) is 6.42 Å². The van der Waals surface area contributed by atoms with Gasteiger partial charge in [-0.05, 0) is 43.2 Å². The number of para-hydroxylation sites is 2. The molecule has 6 nitrogen and oxygen atoms in total. The van der Waals surface area contributed by atoms with Crippen molar-refractivity contribution in [3.05, 3.63) is 54.1 Å². The highest BCUT2D eigenvalue weighted by molar-refractivity contribution is 5.74. The van der Waals surface area contributed by atoms with Crippen LogP contribution in [0.2, 0.25) is 0 Å². The monoisotopic (exact) mass is 406 g/mol. The van der Waals surface area contributed by atoms with E-state index in [0.717, 1.165) is 5.56 Å². The number of halogens is 2. The number of nitrogens with zero attached hydrogens (tertiary/aromatic N) is 1. The number of carbonyl (C=O) groups excluding carboxylic acids is 1. The first-order chi connectivity index (χ1) is 14.0. The Morgan fingerprint density at radius 1 is 1.21 bits per heavy atom. The van der Waals surface area contributed by atoms with E-state index in [1.165, 1.54) is 12.1 Å². The van der Waals surface area contributed by atoms with Gasteiger partial charge in [0.25, 0.3) is 0 Å². The number of urea groups is 1. The molecular weight excluding hydrogens is 382 g/mol. The Morgan fingerprint density at radius 2 is 1.93 bits per heavy atom. The SMILES string of the molecule is CCN(C[C@@H]1COc2ccccc2O1)C(=O)NCCc1ccc(OC(F)F)cc1. The molecule has 8 heteroatoms. The highest BCUT2D eigenvalue weighted by Gasteiger charge is 2.24. The van der Waals surface area contributed by atoms with Crippen molar-refractivity contribution in [3.8, 4) is 17.2 Å². The minimum absolute atomic E-state index is 0.112. The van der Waals surface area contributed by atoms with Gasteiger partial charge in [0.15, 0.2) is 17.6 Å². The minimum atomic E-state index is -2.84. The van der Waals surface area contributed by atoms with Gasteiger partial charge in [-0.25, -0.2) is 4.79 Å². The summed E-state index contributed by atoms with van der Waals surface area (Å²) in [6.45, 7) is 0.818. The summed E-state index contributed by atoms with van der Waals surface area (Å²) in [6.07, 6.45) is 0.340. The van der Waals surface area contributed by atoms with E-state index < -0.39 is 6.61 Å². The molecule has 0 aliphatic carbocycles. The highest BCUT2D eigenvalue weighted by Crippen LogP contribution is 2.31. The topological polar surface area (TPSA) is 60.0 Å². The van der Waals surface area contributed by atoms with Crippen LogP contribution in [0, 0.1) is 0 Å². The summed E-state index contributed by atoms with van der Waals surface area (Å²) in [4.78, 5) is 14.1. The third-order valence-electron chi connectivity index (χ3n) is 4.50. The summed E-state index contributed by atoms with van der Waals surface area (Å²) < 4.78 is 40.3. The minimum Gasteiger partial charge on any atom is -0.486 e. The number of hydrogen-bond acceptors (Lipinski definition) is 4. The predicted molar refractivity (Wildman–Crippen MR) is 104 cm³/mol. The molecular formula is C21H24F2N2O4. The zero-order valence-electron chi connectivity index (χ0n) is 16.1. The first kappa shape index (κ1) is 20.7. The van der Waals surface area contributed by atoms with E-state index in [0.29, 0.717) is 44.2 Å². The van der Waals surface area contributed by atoms with Gasteiger partial charge in [-0.15, -0.1) is 0 Å². The van der Waals surface area contributed by atoms with Crippen molar-refractivity contribution in [1.82, 2.24) is 10.2 Å². The second kappa shape index (κ2) is 9.95. The number of hydrogen-bond donors (Lipinski definition) is 1. The van der Waals surface area contributed by atoms with Crippen molar-refractivity contribution >= 4 is 6.03 Å². The molecule has 0 unspecified atom stereocenters. The molecule has 156 valence electrons. The molecule has 29 heavy (non-hydrogen) atoms. The van der Waals surface area contributed by atoms with Crippen molar-refractivity contribution in [1.29, 1.82) is 0 Å². The molecule has 3 rings (SSSR count). The molecule has 1 heterocycles. The Kier molecular flexibility index (Phi) is 7.10. The van der Waals surface area contributed by atoms with Crippen molar-refractivity contribution in [2.24, 2.45) is 0 Å². The van der Waals surface area contributed by atoms with Crippen LogP contribution in [-0.4, -0.2) is 49.9 Å². The fourth-order valence-electron chi connectivity index (χ4n) is 3.02. The van der Waals surface area contributed by atoms with Crippen LogP contribution in [0.1, 0.15) is 12.5 Å². The average molecular weight is 406 g/mol. The smallest absolute Gasteiger partial charge is 0.387 e. The number of rotatable bonds is 8. The molecule has 0 aromatic heterocycles. The predicted octanol–water partition coefficient (Wildman–Crippen LogP) is 3.70. The molecule has 2 amide bonds. The van der Waals surface area contributed by atoms with E-state index in [9.17, 15) is 13.6 Å². The van der Waals surface area contributed by atoms with Crippen molar-refractivity contribution in [2.45, 2.75) is 26.1 Å². The molecule has 1 aliphatic rings. The quantitative estimate of drug-likeness (QED) is 0.726. The third-order valence-corrected chi connectivity index (χ3v) is 4.50. The molecule has 1 atom stereocenters. The first-order valence-electron chi connectivity index (χ1n) is 9.50. The van der Waals surface area contributed by atoms with Crippen LogP contribution in [0.4, 0.5) is 13.6 Å². The second-order valence-corrected chi connectivity index (χ2v) is 6.54. The molecule has 2 aromatic rings. The molecule has 0 radical (unpaired) electrons. The number of likely N-dealkylation sites (N-methyl/N-ethyl adjacent to an activating group) is 1. The summed E-state index contributed by atoms with van der Waals surface area (Å²) >= 11 is 0. The first-order valence-corrected chi connectivity index (χ1v) is 9.50. The largest absolute Gasteiger partial charge is 0.486 e. The number of carbonyl (C=O) groups is 1. The lowest BCUT2D eigenvalue weighted by Crippen LogP contribution is -2.47. The molecule has 1 aliphatic heterocycles. The molecule has 1 N–H and O–H groups in total. The Labute approximate surface area is 168 Å². The standard InChI is InChI=1S/C21H24F2N2O4/c1-2-25(13-17-14-27-18-5-3-4-6-19(18)28-17)21(26)24-12-11-15-7-9-16(10-8-15)29-20(22)23/h3-10,17,20H,2,11-14H2,1H3,(H,24,26)/t17-/m1/s1. The fraction of sp³-hybridized carbons (Fsp3) is 0.381. The number of benzene rings is 2. The van der Waals surface area contributed by atoms with Gasteiger partial charge < -0.3 is 24.4 Å². The van der Waals surface area contributed by atoms with Gasteiger partial charge >= 0.3 is 12.6 Å². The summed E-state index contributed by atoms with van der Waals surface area (Å²) in [5.74, 6) is 1.50. The van der Waals surface area contributed by atoms with Crippen LogP contribution in [0.15, 0.2) is 48.5 Å². The zero-order chi connectivity index (χ0) is 20.6. The Bertz CT molecular complexity index is 802. The van der Waals surface area contributed by atoms with Crippen molar-refractivity contribution in [3.63, 3.8) is 0 Å². The number of fused-ring (bicyclic) bond motifs is 1. The lowest BCUT2D eigenvalue weighted by molar-refractivity contribution is -0.0498. The highest BCUT2D eigenvalue weighted by atomic mass is 19.3. The summed E-state index contributed by atoms with van der Waals surface area (Å²) in [7, 11) is 0. The van der Waals surface area contributed by atoms with Gasteiger partial charge in [-0.3, -0.25) is 0 Å². The van der Waals surface area contributed by atoms with Crippen LogP contribution < -0.4 is 19.5 Å². The van der Waals surface area contributed by atoms with Gasteiger partial charge in [0.1, 0.15) is 12.4 Å². The maximum Gasteiger partial charge on any atom is 0.387 e. The molecule has 0 saturated heterocycles. The van der Waals surface area contributed by atoms with Gasteiger partial charge in [0.2, 0.25) is 0 Å². The number of ether oxygens (including phenoxy) is 3. The lowest BCUT2D eigenvalue weighted by atomic mass is 10.1. The number of nitrogens with one attached hydrogen (secondary N) is 1. The summed E-state index contributed by atoms with van der Waals surface area (Å²) in [6, 6.07) is 13.6. The van der Waals surface area contributed by atoms with Gasteiger partial charge in [-0.2, -0.15) is 8.78 Å². The van der Waals surface area contributed by atoms with E-state index in [4.69, 9.17) is 9.47 Å². The maximum absolute atomic E-state index is 12.5. The van der Waals surface area contributed by atoms with Crippen LogP contribution in [0.5, 0.6) is 17.2 Å². The Hall–Kier alpha value is -3.03. The maximum atomic E-state index is 12.5. The number of amides is 2. The Balaban J connectivity index is 1.44. The summed E-state index contributed by atoms with van der Waals surface area (Å²) in [5.41, 5.74) is 0.913. The van der Waals surface area contributed by atoms with Gasteiger partial charge in [0, 0.05) is 13.1 Å². The lowest BCUT2D eigenvalue weighted by Gasteiger charge is -2.31. The molecule has 0 saturated carbocycles.